The molecule has 0 aromatic heterocycles. The summed E-state index contributed by atoms with van der Waals surface area (Å²) in [5.41, 5.74) is 0.853. The fourth-order valence-corrected chi connectivity index (χ4v) is 3.61. The predicted molar refractivity (Wildman–Crippen MR) is 97.4 cm³/mol. The van der Waals surface area contributed by atoms with E-state index in [1.807, 2.05) is 44.2 Å². The van der Waals surface area contributed by atoms with Gasteiger partial charge in [-0.25, -0.2) is 0 Å². The third-order valence-electron chi connectivity index (χ3n) is 3.58. The molecule has 146 valence electrons. The molecule has 0 aliphatic carbocycles. The van der Waals surface area contributed by atoms with Crippen molar-refractivity contribution < 1.29 is 53.7 Å². The summed E-state index contributed by atoms with van der Waals surface area (Å²) < 4.78 is 12.2. The van der Waals surface area contributed by atoms with Crippen LogP contribution < -0.4 is 50.2 Å². The monoisotopic (exact) mass is 407 g/mol. The summed E-state index contributed by atoms with van der Waals surface area (Å²) in [4.78, 5) is 34.7. The van der Waals surface area contributed by atoms with Crippen molar-refractivity contribution in [2.45, 2.75) is 45.8 Å². The number of aliphatic carboxylic acids is 1. The summed E-state index contributed by atoms with van der Waals surface area (Å²) in [7, 11) is -4.15. The van der Waals surface area contributed by atoms with Crippen LogP contribution in [0.25, 0.3) is 0 Å². The fourth-order valence-electron chi connectivity index (χ4n) is 2.44. The summed E-state index contributed by atoms with van der Waals surface area (Å²) in [5.74, 6) is -1.38. The third kappa shape index (κ3) is 11.7. The van der Waals surface area contributed by atoms with Gasteiger partial charge in [0.05, 0.1) is 20.0 Å². The number of rotatable bonds is 11. The van der Waals surface area contributed by atoms with E-state index in [-0.39, 0.29) is 41.9 Å². The van der Waals surface area contributed by atoms with Gasteiger partial charge >= 0.3 is 35.5 Å². The summed E-state index contributed by atoms with van der Waals surface area (Å²) in [6.07, 6.45) is -0.724. The fraction of sp³-hybridized carbons (Fsp3) is 0.529. The second kappa shape index (κ2) is 12.7. The van der Waals surface area contributed by atoms with Gasteiger partial charge in [-0.05, 0) is 17.9 Å². The average molecular weight is 407 g/mol. The Bertz CT molecular complexity index is 645. The summed E-state index contributed by atoms with van der Waals surface area (Å²) in [6, 6.07) is 8.26. The number of amides is 1. The van der Waals surface area contributed by atoms with Gasteiger partial charge in [-0.1, -0.05) is 44.2 Å². The van der Waals surface area contributed by atoms with E-state index in [9.17, 15) is 24.2 Å². The van der Waals surface area contributed by atoms with Gasteiger partial charge in [0.15, 0.2) is 0 Å². The maximum atomic E-state index is 12.2. The Morgan fingerprint density at radius 1 is 1.22 bits per heavy atom. The van der Waals surface area contributed by atoms with Gasteiger partial charge in [-0.3, -0.25) is 20.0 Å². The zero-order valence-electron chi connectivity index (χ0n) is 16.3. The molecule has 0 saturated heterocycles. The minimum atomic E-state index is -4.15. The molecule has 27 heavy (non-hydrogen) atoms. The predicted octanol–water partition coefficient (Wildman–Crippen LogP) is -2.12. The summed E-state index contributed by atoms with van der Waals surface area (Å²) in [6.45, 7) is 5.02. The SMILES string of the molecule is CC(=O)NCP(=O)([O-])NC(Cc1ccccc1)NC(CC(C)C)C(=O)O.[Na+]. The largest absolute Gasteiger partial charge is 1.00 e. The van der Waals surface area contributed by atoms with Crippen LogP contribution in [-0.4, -0.2) is 35.5 Å². The molecule has 1 rings (SSSR count). The first-order chi connectivity index (χ1) is 12.1. The van der Waals surface area contributed by atoms with Crippen LogP contribution in [0.2, 0.25) is 0 Å². The molecule has 0 heterocycles. The number of hydrogen-bond donors (Lipinski definition) is 4. The Kier molecular flexibility index (Phi) is 12.3. The molecule has 8 nitrogen and oxygen atoms in total. The van der Waals surface area contributed by atoms with Crippen LogP contribution in [0.3, 0.4) is 0 Å². The molecule has 0 radical (unpaired) electrons. The van der Waals surface area contributed by atoms with E-state index in [0.717, 1.165) is 5.56 Å². The minimum Gasteiger partial charge on any atom is -0.787 e. The Hall–Kier alpha value is -0.730. The molecule has 0 bridgehead atoms. The van der Waals surface area contributed by atoms with Crippen molar-refractivity contribution in [3.63, 3.8) is 0 Å². The standard InChI is InChI=1S/C17H28N3O5P.Na/c1-12(2)9-15(17(22)23)19-16(10-14-7-5-4-6-8-14)20-26(24,25)11-18-13(3)21;/h4-8,12,15-16,19H,9-11H2,1-3H3,(H,18,21)(H,22,23)(H2,20,24,25);/q;+1/p-1. The van der Waals surface area contributed by atoms with E-state index >= 15 is 0 Å². The van der Waals surface area contributed by atoms with Gasteiger partial charge in [0.1, 0.15) is 6.04 Å². The minimum absolute atomic E-state index is 0. The van der Waals surface area contributed by atoms with Crippen LogP contribution in [0, 0.1) is 5.92 Å². The smallest absolute Gasteiger partial charge is 0.787 e. The van der Waals surface area contributed by atoms with E-state index in [0.29, 0.717) is 6.42 Å². The second-order valence-electron chi connectivity index (χ2n) is 6.62. The molecule has 3 unspecified atom stereocenters. The topological polar surface area (TPSA) is 131 Å². The third-order valence-corrected chi connectivity index (χ3v) is 4.86. The van der Waals surface area contributed by atoms with Crippen molar-refractivity contribution in [1.29, 1.82) is 0 Å². The molecular weight excluding hydrogens is 380 g/mol. The number of carbonyl (C=O) groups is 2. The van der Waals surface area contributed by atoms with Gasteiger partial charge < -0.3 is 19.9 Å². The van der Waals surface area contributed by atoms with E-state index in [1.54, 1.807) is 0 Å². The molecule has 1 amide bonds. The maximum Gasteiger partial charge on any atom is 1.00 e. The number of benzene rings is 1. The quantitative estimate of drug-likeness (QED) is 0.188. The van der Waals surface area contributed by atoms with Gasteiger partial charge in [-0.15, -0.1) is 0 Å². The van der Waals surface area contributed by atoms with Gasteiger partial charge in [-0.2, -0.15) is 0 Å². The zero-order valence-corrected chi connectivity index (χ0v) is 19.2. The van der Waals surface area contributed by atoms with Crippen molar-refractivity contribution in [2.24, 2.45) is 5.92 Å². The Labute approximate surface area is 182 Å². The molecule has 0 aliphatic heterocycles. The molecule has 1 aromatic carbocycles. The molecule has 4 N–H and O–H groups in total. The van der Waals surface area contributed by atoms with Crippen LogP contribution in [0.4, 0.5) is 0 Å². The van der Waals surface area contributed by atoms with Crippen molar-refractivity contribution >= 4 is 19.4 Å². The summed E-state index contributed by atoms with van der Waals surface area (Å²) >= 11 is 0. The molecule has 0 spiro atoms. The van der Waals surface area contributed by atoms with Crippen LogP contribution >= 0.6 is 7.52 Å². The molecular formula is C17H27N3NaO5P. The Balaban J connectivity index is 0.00000676. The molecule has 10 heteroatoms. The second-order valence-corrected chi connectivity index (χ2v) is 8.54. The zero-order chi connectivity index (χ0) is 19.7. The van der Waals surface area contributed by atoms with Gasteiger partial charge in [0, 0.05) is 13.3 Å². The number of carboxylic acids is 1. The van der Waals surface area contributed by atoms with Crippen molar-refractivity contribution in [3.8, 4) is 0 Å². The van der Waals surface area contributed by atoms with Gasteiger partial charge in [0.2, 0.25) is 5.91 Å². The normalized spacial score (nSPS) is 15.3. The van der Waals surface area contributed by atoms with Gasteiger partial charge in [0.25, 0.3) is 0 Å². The molecule has 1 aromatic rings. The number of hydrogen-bond acceptors (Lipinski definition) is 5. The summed E-state index contributed by atoms with van der Waals surface area (Å²) in [5, 5.41) is 17.0. The van der Waals surface area contributed by atoms with E-state index in [1.165, 1.54) is 6.92 Å². The molecule has 3 atom stereocenters. The van der Waals surface area contributed by atoms with Crippen molar-refractivity contribution in [3.05, 3.63) is 35.9 Å². The van der Waals surface area contributed by atoms with E-state index < -0.39 is 37.9 Å². The Morgan fingerprint density at radius 3 is 2.30 bits per heavy atom. The van der Waals surface area contributed by atoms with E-state index in [4.69, 9.17) is 0 Å². The molecule has 0 saturated carbocycles. The average Bonchev–Trinajstić information content (AvgIpc) is 2.52. The number of carbonyl (C=O) groups excluding carboxylic acids is 1. The van der Waals surface area contributed by atoms with Crippen molar-refractivity contribution in [1.82, 2.24) is 15.7 Å². The number of nitrogens with one attached hydrogen (secondary N) is 3. The maximum absolute atomic E-state index is 12.2. The van der Waals surface area contributed by atoms with Crippen LogP contribution in [0.1, 0.15) is 32.8 Å². The Morgan fingerprint density at radius 2 is 1.81 bits per heavy atom. The molecule has 0 fully saturated rings. The molecule has 0 aliphatic rings. The van der Waals surface area contributed by atoms with E-state index in [2.05, 4.69) is 15.7 Å². The number of carboxylic acid groups (broad SMARTS) is 1. The van der Waals surface area contributed by atoms with Crippen LogP contribution in [-0.2, 0) is 20.6 Å². The first kappa shape index (κ1) is 26.3. The first-order valence-electron chi connectivity index (χ1n) is 8.44. The van der Waals surface area contributed by atoms with Crippen LogP contribution in [0.15, 0.2) is 30.3 Å². The van der Waals surface area contributed by atoms with Crippen molar-refractivity contribution in [2.75, 3.05) is 6.29 Å². The van der Waals surface area contributed by atoms with Crippen LogP contribution in [0.5, 0.6) is 0 Å². The first-order valence-corrected chi connectivity index (χ1v) is 10.2.